The topological polar surface area (TPSA) is 119 Å². The summed E-state index contributed by atoms with van der Waals surface area (Å²) in [6, 6.07) is 3.58. The normalized spacial score (nSPS) is 9.11. The van der Waals surface area contributed by atoms with Crippen LogP contribution in [0.3, 0.4) is 0 Å². The summed E-state index contributed by atoms with van der Waals surface area (Å²) in [6.07, 6.45) is 1.41. The molecule has 0 aliphatic carbocycles. The number of nitrogens with zero attached hydrogens (tertiary/aromatic N) is 2. The number of ether oxygens (including phenoxy) is 1. The molecule has 1 rings (SSSR count). The van der Waals surface area contributed by atoms with Crippen LogP contribution in [0.1, 0.15) is 16.6 Å². The first-order valence-corrected chi connectivity index (χ1v) is 6.88. The summed E-state index contributed by atoms with van der Waals surface area (Å²) >= 11 is 1.40. The largest absolute Gasteiger partial charge is 0.462 e. The minimum Gasteiger partial charge on any atom is -0.462 e. The molecule has 0 aromatic carbocycles. The minimum atomic E-state index is -4.28. The van der Waals surface area contributed by atoms with Crippen molar-refractivity contribution in [1.29, 1.82) is 0 Å². The molecule has 0 unspecified atom stereocenters. The van der Waals surface area contributed by atoms with Crippen molar-refractivity contribution < 1.29 is 27.5 Å². The first kappa shape index (κ1) is 16.9. The molecule has 1 aromatic rings. The third-order valence-electron chi connectivity index (χ3n) is 1.30. The second-order valence-corrected chi connectivity index (χ2v) is 4.72. The Hall–Kier alpha value is -2.12. The van der Waals surface area contributed by atoms with Gasteiger partial charge >= 0.3 is 16.2 Å². The van der Waals surface area contributed by atoms with Crippen LogP contribution in [0, 0.1) is 0 Å². The van der Waals surface area contributed by atoms with Gasteiger partial charge in [0.25, 0.3) is 12.2 Å². The molecule has 0 bridgehead atoms. The van der Waals surface area contributed by atoms with E-state index in [0.717, 1.165) is 0 Å². The molecule has 8 nitrogen and oxygen atoms in total. The first-order chi connectivity index (χ1) is 8.96. The monoisotopic (exact) mass is 304 g/mol. The molecule has 0 saturated carbocycles. The molecule has 0 spiro atoms. The maximum Gasteiger partial charge on any atom is 0.383 e. The van der Waals surface area contributed by atoms with E-state index >= 15 is 0 Å². The first-order valence-electron chi connectivity index (χ1n) is 4.60. The van der Waals surface area contributed by atoms with Gasteiger partial charge in [-0.2, -0.15) is 8.42 Å². The Labute approximate surface area is 112 Å². The molecule has 10 heteroatoms. The summed E-state index contributed by atoms with van der Waals surface area (Å²) in [5.41, 5.74) is 0. The van der Waals surface area contributed by atoms with Gasteiger partial charge in [0.05, 0.1) is 6.61 Å². The number of hydrogen-bond donors (Lipinski definition) is 0. The van der Waals surface area contributed by atoms with E-state index in [1.165, 1.54) is 11.3 Å². The second-order valence-electron chi connectivity index (χ2n) is 2.51. The average Bonchev–Trinajstić information content (AvgIpc) is 2.83. The summed E-state index contributed by atoms with van der Waals surface area (Å²) in [7, 11) is -4.28. The van der Waals surface area contributed by atoms with Crippen molar-refractivity contribution >= 4 is 39.7 Å². The van der Waals surface area contributed by atoms with Crippen molar-refractivity contribution in [1.82, 2.24) is 0 Å². The Morgan fingerprint density at radius 3 is 2.32 bits per heavy atom. The molecular formula is C9H8N2O6S2. The minimum absolute atomic E-state index is 0.225. The van der Waals surface area contributed by atoms with Crippen molar-refractivity contribution in [3.05, 3.63) is 22.4 Å². The fourth-order valence-corrected chi connectivity index (χ4v) is 1.56. The Kier molecular flexibility index (Phi) is 7.90. The fraction of sp³-hybridized carbons (Fsp3) is 0.222. The van der Waals surface area contributed by atoms with Crippen LogP contribution in [0.2, 0.25) is 0 Å². The Morgan fingerprint density at radius 1 is 1.37 bits per heavy atom. The van der Waals surface area contributed by atoms with Crippen molar-refractivity contribution in [2.24, 2.45) is 8.80 Å². The molecule has 1 aromatic heterocycles. The van der Waals surface area contributed by atoms with Gasteiger partial charge in [0.15, 0.2) is 0 Å². The number of rotatable bonds is 4. The molecule has 0 fully saturated rings. The lowest BCUT2D eigenvalue weighted by molar-refractivity contribution is 0.0532. The molecule has 0 radical (unpaired) electrons. The molecule has 0 amide bonds. The van der Waals surface area contributed by atoms with Crippen molar-refractivity contribution in [2.45, 2.75) is 6.92 Å². The van der Waals surface area contributed by atoms with E-state index in [4.69, 9.17) is 4.74 Å². The Morgan fingerprint density at radius 2 is 1.95 bits per heavy atom. The molecule has 0 aliphatic rings. The van der Waals surface area contributed by atoms with Gasteiger partial charge in [0.2, 0.25) is 0 Å². The predicted octanol–water partition coefficient (Wildman–Crippen LogP) is 0.828. The lowest BCUT2D eigenvalue weighted by Crippen LogP contribution is -2.01. The van der Waals surface area contributed by atoms with Crippen LogP contribution >= 0.6 is 11.3 Å². The van der Waals surface area contributed by atoms with Gasteiger partial charge < -0.3 is 4.74 Å². The quantitative estimate of drug-likeness (QED) is 0.461. The van der Waals surface area contributed by atoms with Crippen molar-refractivity contribution in [3.8, 4) is 0 Å². The zero-order valence-corrected chi connectivity index (χ0v) is 11.2. The van der Waals surface area contributed by atoms with Crippen LogP contribution in [0.15, 0.2) is 26.3 Å². The zero-order valence-electron chi connectivity index (χ0n) is 9.60. The van der Waals surface area contributed by atoms with Gasteiger partial charge in [-0.3, -0.25) is 0 Å². The summed E-state index contributed by atoms with van der Waals surface area (Å²) in [5.74, 6) is -0.225. The SMILES string of the molecule is CCOC(=O)c1cccs1.O=C=NS(=O)(=O)N=C=O. The summed E-state index contributed by atoms with van der Waals surface area (Å²) in [4.78, 5) is 30.0. The molecule has 102 valence electrons. The van der Waals surface area contributed by atoms with Crippen LogP contribution in [0.25, 0.3) is 0 Å². The van der Waals surface area contributed by atoms with Crippen LogP contribution < -0.4 is 0 Å². The van der Waals surface area contributed by atoms with E-state index in [2.05, 4.69) is 8.80 Å². The summed E-state index contributed by atoms with van der Waals surface area (Å²) in [6.45, 7) is 2.24. The molecule has 0 aliphatic heterocycles. The number of esters is 1. The molecule has 19 heavy (non-hydrogen) atoms. The molecule has 1 heterocycles. The molecule has 0 N–H and O–H groups in total. The van der Waals surface area contributed by atoms with Crippen LogP contribution in [0.5, 0.6) is 0 Å². The fourth-order valence-electron chi connectivity index (χ4n) is 0.712. The number of carbonyl (C=O) groups excluding carboxylic acids is 3. The van der Waals surface area contributed by atoms with Crippen molar-refractivity contribution in [2.75, 3.05) is 6.61 Å². The van der Waals surface area contributed by atoms with E-state index in [0.29, 0.717) is 23.6 Å². The third kappa shape index (κ3) is 7.74. The Bertz CT molecular complexity index is 571. The molecule has 0 atom stereocenters. The van der Waals surface area contributed by atoms with E-state index in [9.17, 15) is 22.8 Å². The number of hydrogen-bond acceptors (Lipinski definition) is 7. The highest BCUT2D eigenvalue weighted by molar-refractivity contribution is 7.89. The van der Waals surface area contributed by atoms with Crippen LogP contribution in [0.4, 0.5) is 0 Å². The van der Waals surface area contributed by atoms with Gasteiger partial charge in [-0.15, -0.1) is 11.3 Å². The smallest absolute Gasteiger partial charge is 0.383 e. The number of thiophene rings is 1. The van der Waals surface area contributed by atoms with Gasteiger partial charge in [-0.25, -0.2) is 14.4 Å². The average molecular weight is 304 g/mol. The van der Waals surface area contributed by atoms with E-state index in [-0.39, 0.29) is 5.97 Å². The number of carbonyl (C=O) groups is 1. The third-order valence-corrected chi connectivity index (χ3v) is 2.76. The van der Waals surface area contributed by atoms with Crippen LogP contribution in [-0.4, -0.2) is 33.2 Å². The number of isocyanates is 2. The van der Waals surface area contributed by atoms with E-state index in [1.807, 2.05) is 11.4 Å². The lowest BCUT2D eigenvalue weighted by Gasteiger charge is -1.95. The van der Waals surface area contributed by atoms with Gasteiger partial charge in [0.1, 0.15) is 4.88 Å². The highest BCUT2D eigenvalue weighted by atomic mass is 32.2. The van der Waals surface area contributed by atoms with E-state index < -0.39 is 10.2 Å². The summed E-state index contributed by atoms with van der Waals surface area (Å²) in [5, 5.41) is 1.85. The highest BCUT2D eigenvalue weighted by Gasteiger charge is 2.04. The Balaban J connectivity index is 0.000000344. The predicted molar refractivity (Wildman–Crippen MR) is 65.4 cm³/mol. The van der Waals surface area contributed by atoms with Crippen LogP contribution in [-0.2, 0) is 24.5 Å². The van der Waals surface area contributed by atoms with Gasteiger partial charge in [-0.05, 0) is 18.4 Å². The van der Waals surface area contributed by atoms with Gasteiger partial charge in [0, 0.05) is 0 Å². The molecule has 0 saturated heterocycles. The molecular weight excluding hydrogens is 296 g/mol. The second kappa shape index (κ2) is 8.90. The maximum absolute atomic E-state index is 10.9. The standard InChI is InChI=1S/C7H8O2S.C2N2O4S/c1-2-9-7(8)6-4-3-5-10-6;5-1-3-9(7,8)4-2-6/h3-5H,2H2,1H3;. The van der Waals surface area contributed by atoms with Crippen molar-refractivity contribution in [3.63, 3.8) is 0 Å². The van der Waals surface area contributed by atoms with E-state index in [1.54, 1.807) is 13.0 Å². The highest BCUT2D eigenvalue weighted by Crippen LogP contribution is 2.09. The summed E-state index contributed by atoms with van der Waals surface area (Å²) < 4.78 is 29.1. The maximum atomic E-state index is 10.9. The zero-order chi connectivity index (χ0) is 14.7. The lowest BCUT2D eigenvalue weighted by atomic mass is 10.5. The van der Waals surface area contributed by atoms with Gasteiger partial charge in [-0.1, -0.05) is 14.9 Å².